The molecule has 0 saturated heterocycles. The van der Waals surface area contributed by atoms with Crippen molar-refractivity contribution in [2.75, 3.05) is 13.2 Å². The highest BCUT2D eigenvalue weighted by Crippen LogP contribution is 2.16. The van der Waals surface area contributed by atoms with E-state index >= 15 is 0 Å². The van der Waals surface area contributed by atoms with Gasteiger partial charge in [0.05, 0.1) is 25.4 Å². The van der Waals surface area contributed by atoms with Crippen molar-refractivity contribution in [2.24, 2.45) is 0 Å². The number of nitrogens with one attached hydrogen (secondary N) is 1. The van der Waals surface area contributed by atoms with Crippen LogP contribution >= 0.6 is 0 Å². The molecular weight excluding hydrogens is 671 g/mol. The van der Waals surface area contributed by atoms with Gasteiger partial charge in [0.2, 0.25) is 5.91 Å². The van der Waals surface area contributed by atoms with Crippen molar-refractivity contribution < 1.29 is 24.5 Å². The number of carbonyl (C=O) groups excluding carboxylic acids is 2. The van der Waals surface area contributed by atoms with Crippen molar-refractivity contribution in [1.82, 2.24) is 5.32 Å². The first-order valence-electron chi connectivity index (χ1n) is 24.0. The van der Waals surface area contributed by atoms with Crippen molar-refractivity contribution in [3.05, 3.63) is 12.2 Å². The Kier molecular flexibility index (Phi) is 43.2. The van der Waals surface area contributed by atoms with E-state index in [9.17, 15) is 19.8 Å². The fraction of sp³-hybridized carbons (Fsp3) is 0.917. The summed E-state index contributed by atoms with van der Waals surface area (Å²) in [5.74, 6) is -0.120. The summed E-state index contributed by atoms with van der Waals surface area (Å²) in [7, 11) is 0. The highest BCUT2D eigenvalue weighted by molar-refractivity contribution is 5.76. The summed E-state index contributed by atoms with van der Waals surface area (Å²) in [6.07, 6.45) is 49.1. The number of hydrogen-bond donors (Lipinski definition) is 3. The summed E-state index contributed by atoms with van der Waals surface area (Å²) in [4.78, 5) is 24.4. The molecule has 6 nitrogen and oxygen atoms in total. The fourth-order valence-corrected chi connectivity index (χ4v) is 7.34. The maximum atomic E-state index is 12.4. The molecule has 0 aromatic rings. The van der Waals surface area contributed by atoms with Gasteiger partial charge in [-0.3, -0.25) is 9.59 Å². The lowest BCUT2D eigenvalue weighted by Gasteiger charge is -2.20. The summed E-state index contributed by atoms with van der Waals surface area (Å²) in [5, 5.41) is 23.0. The van der Waals surface area contributed by atoms with E-state index in [1.165, 1.54) is 173 Å². The van der Waals surface area contributed by atoms with Gasteiger partial charge in [0, 0.05) is 12.8 Å². The van der Waals surface area contributed by atoms with Gasteiger partial charge in [-0.2, -0.15) is 0 Å². The SMILES string of the molecule is CCCCCCCCCCCCC/C=C/C(O)C(CO)NC(=O)CCCCCCCCCCCOC(=O)CCCCCCCCCCCCCCCCC. The zero-order chi connectivity index (χ0) is 39.4. The topological polar surface area (TPSA) is 95.9 Å². The number of rotatable bonds is 44. The number of aliphatic hydroxyl groups is 2. The zero-order valence-corrected chi connectivity index (χ0v) is 36.2. The Morgan fingerprint density at radius 3 is 1.26 bits per heavy atom. The molecule has 0 radical (unpaired) electrons. The Balaban J connectivity index is 3.51. The Morgan fingerprint density at radius 2 is 0.852 bits per heavy atom. The van der Waals surface area contributed by atoms with Crippen LogP contribution in [0.3, 0.4) is 0 Å². The van der Waals surface area contributed by atoms with Gasteiger partial charge in [0.1, 0.15) is 0 Å². The molecule has 0 aliphatic rings. The van der Waals surface area contributed by atoms with E-state index in [0.29, 0.717) is 19.4 Å². The molecule has 2 unspecified atom stereocenters. The minimum Gasteiger partial charge on any atom is -0.466 e. The van der Waals surface area contributed by atoms with Gasteiger partial charge in [0.25, 0.3) is 0 Å². The second kappa shape index (κ2) is 44.3. The number of amides is 1. The van der Waals surface area contributed by atoms with Gasteiger partial charge >= 0.3 is 5.97 Å². The first-order valence-corrected chi connectivity index (χ1v) is 24.0. The van der Waals surface area contributed by atoms with Crippen molar-refractivity contribution in [3.8, 4) is 0 Å². The second-order valence-corrected chi connectivity index (χ2v) is 16.5. The standard InChI is InChI=1S/C48H93NO5/c1-3-5-7-9-11-13-15-17-18-20-22-26-30-34-38-42-48(53)54-43-39-35-31-27-23-25-29-33-37-41-47(52)49-45(44-50)46(51)40-36-32-28-24-21-19-16-14-12-10-8-6-4-2/h36,40,45-46,50-51H,3-35,37-39,41-44H2,1-2H3,(H,49,52)/b40-36+. The molecule has 2 atom stereocenters. The Morgan fingerprint density at radius 1 is 0.500 bits per heavy atom. The molecule has 0 saturated carbocycles. The minimum absolute atomic E-state index is 0.0247. The Hall–Kier alpha value is -1.40. The molecule has 1 amide bonds. The zero-order valence-electron chi connectivity index (χ0n) is 36.2. The van der Waals surface area contributed by atoms with Crippen molar-refractivity contribution in [3.63, 3.8) is 0 Å². The van der Waals surface area contributed by atoms with E-state index in [-0.39, 0.29) is 18.5 Å². The summed E-state index contributed by atoms with van der Waals surface area (Å²) < 4.78 is 5.45. The van der Waals surface area contributed by atoms with E-state index in [2.05, 4.69) is 19.2 Å². The van der Waals surface area contributed by atoms with Crippen molar-refractivity contribution in [1.29, 1.82) is 0 Å². The maximum absolute atomic E-state index is 12.4. The fourth-order valence-electron chi connectivity index (χ4n) is 7.34. The van der Waals surface area contributed by atoms with Gasteiger partial charge in [0.15, 0.2) is 0 Å². The van der Waals surface area contributed by atoms with Gasteiger partial charge in [-0.25, -0.2) is 0 Å². The minimum atomic E-state index is -0.859. The van der Waals surface area contributed by atoms with Crippen LogP contribution in [-0.2, 0) is 14.3 Å². The first-order chi connectivity index (χ1) is 26.5. The van der Waals surface area contributed by atoms with E-state index in [1.807, 2.05) is 6.08 Å². The highest BCUT2D eigenvalue weighted by Gasteiger charge is 2.18. The summed E-state index contributed by atoms with van der Waals surface area (Å²) >= 11 is 0. The van der Waals surface area contributed by atoms with Crippen molar-refractivity contribution in [2.45, 2.75) is 270 Å². The first kappa shape index (κ1) is 52.6. The molecule has 0 aromatic carbocycles. The monoisotopic (exact) mass is 764 g/mol. The number of aliphatic hydroxyl groups excluding tert-OH is 2. The summed E-state index contributed by atoms with van der Waals surface area (Å²) in [6, 6.07) is -0.645. The van der Waals surface area contributed by atoms with Gasteiger partial charge in [-0.15, -0.1) is 0 Å². The molecule has 3 N–H and O–H groups in total. The molecule has 0 bridgehead atoms. The van der Waals surface area contributed by atoms with E-state index in [0.717, 1.165) is 57.8 Å². The molecule has 0 fully saturated rings. The predicted molar refractivity (Wildman–Crippen MR) is 232 cm³/mol. The molecule has 0 heterocycles. The lowest BCUT2D eigenvalue weighted by atomic mass is 10.0. The third-order valence-electron chi connectivity index (χ3n) is 11.1. The normalized spacial score (nSPS) is 12.7. The number of allylic oxidation sites excluding steroid dienone is 1. The lowest BCUT2D eigenvalue weighted by Crippen LogP contribution is -2.45. The number of ether oxygens (including phenoxy) is 1. The predicted octanol–water partition coefficient (Wildman–Crippen LogP) is 13.8. The molecule has 0 spiro atoms. The summed E-state index contributed by atoms with van der Waals surface area (Å²) in [6.45, 7) is 4.83. The van der Waals surface area contributed by atoms with Crippen LogP contribution in [0.25, 0.3) is 0 Å². The Labute approximate surface area is 336 Å². The van der Waals surface area contributed by atoms with Crippen LogP contribution in [-0.4, -0.2) is 47.4 Å². The highest BCUT2D eigenvalue weighted by atomic mass is 16.5. The maximum Gasteiger partial charge on any atom is 0.305 e. The molecule has 0 aliphatic carbocycles. The van der Waals surface area contributed by atoms with E-state index in [1.54, 1.807) is 6.08 Å². The van der Waals surface area contributed by atoms with Crippen LogP contribution in [0.1, 0.15) is 258 Å². The average molecular weight is 764 g/mol. The van der Waals surface area contributed by atoms with Crippen LogP contribution in [0.2, 0.25) is 0 Å². The van der Waals surface area contributed by atoms with E-state index in [4.69, 9.17) is 4.74 Å². The lowest BCUT2D eigenvalue weighted by molar-refractivity contribution is -0.143. The molecule has 320 valence electrons. The molecular formula is C48H93NO5. The average Bonchev–Trinajstić information content (AvgIpc) is 3.17. The third kappa shape index (κ3) is 40.3. The van der Waals surface area contributed by atoms with Crippen LogP contribution < -0.4 is 5.32 Å². The number of esters is 1. The smallest absolute Gasteiger partial charge is 0.305 e. The van der Waals surface area contributed by atoms with Crippen LogP contribution in [0, 0.1) is 0 Å². The van der Waals surface area contributed by atoms with Crippen LogP contribution in [0.15, 0.2) is 12.2 Å². The van der Waals surface area contributed by atoms with Gasteiger partial charge < -0.3 is 20.3 Å². The third-order valence-corrected chi connectivity index (χ3v) is 11.1. The molecule has 0 aromatic heterocycles. The number of carbonyl (C=O) groups is 2. The molecule has 0 rings (SSSR count). The van der Waals surface area contributed by atoms with Gasteiger partial charge in [-0.1, -0.05) is 225 Å². The number of hydrogen-bond acceptors (Lipinski definition) is 5. The quantitative estimate of drug-likeness (QED) is 0.0326. The van der Waals surface area contributed by atoms with Crippen LogP contribution in [0.4, 0.5) is 0 Å². The van der Waals surface area contributed by atoms with Crippen LogP contribution in [0.5, 0.6) is 0 Å². The van der Waals surface area contributed by atoms with Gasteiger partial charge in [-0.05, 0) is 32.1 Å². The second-order valence-electron chi connectivity index (χ2n) is 16.5. The molecule has 6 heteroatoms. The summed E-state index contributed by atoms with van der Waals surface area (Å²) in [5.41, 5.74) is 0. The number of unbranched alkanes of at least 4 members (excludes halogenated alkanes) is 33. The Bertz CT molecular complexity index is 802. The van der Waals surface area contributed by atoms with Crippen molar-refractivity contribution >= 4 is 11.9 Å². The van der Waals surface area contributed by atoms with E-state index < -0.39 is 12.1 Å². The largest absolute Gasteiger partial charge is 0.466 e. The molecule has 0 aliphatic heterocycles. The molecule has 54 heavy (non-hydrogen) atoms.